The van der Waals surface area contributed by atoms with Crippen molar-refractivity contribution in [3.8, 4) is 0 Å². The Morgan fingerprint density at radius 2 is 1.61 bits per heavy atom. The Balaban J connectivity index is 1.72. The lowest BCUT2D eigenvalue weighted by Crippen LogP contribution is -2.30. The molecule has 1 heterocycles. The third-order valence-corrected chi connectivity index (χ3v) is 3.60. The predicted octanol–water partition coefficient (Wildman–Crippen LogP) is 2.94. The van der Waals surface area contributed by atoms with Crippen LogP contribution in [0.4, 0.5) is 0 Å². The molecule has 0 aliphatic rings. The second-order valence-corrected chi connectivity index (χ2v) is 5.57. The van der Waals surface area contributed by atoms with Gasteiger partial charge in [0.05, 0.1) is 10.6 Å². The third-order valence-electron chi connectivity index (χ3n) is 3.04. The van der Waals surface area contributed by atoms with Crippen LogP contribution in [0, 0.1) is 0 Å². The number of rotatable bonds is 6. The fourth-order valence-electron chi connectivity index (χ4n) is 1.86. The molecule has 2 amide bonds. The van der Waals surface area contributed by atoms with Crippen molar-refractivity contribution in [3.05, 3.63) is 63.9 Å². The van der Waals surface area contributed by atoms with E-state index in [0.29, 0.717) is 40.7 Å². The van der Waals surface area contributed by atoms with Crippen LogP contribution in [-0.2, 0) is 0 Å². The molecule has 0 saturated heterocycles. The minimum absolute atomic E-state index is 0.170. The minimum atomic E-state index is -0.294. The molecule has 1 aromatic heterocycles. The first-order valence-corrected chi connectivity index (χ1v) is 7.75. The van der Waals surface area contributed by atoms with Gasteiger partial charge in [0, 0.05) is 36.1 Å². The van der Waals surface area contributed by atoms with Gasteiger partial charge in [-0.1, -0.05) is 23.2 Å². The van der Waals surface area contributed by atoms with Crippen molar-refractivity contribution in [1.82, 2.24) is 15.6 Å². The van der Waals surface area contributed by atoms with Gasteiger partial charge in [-0.3, -0.25) is 14.6 Å². The molecule has 1 aromatic carbocycles. The highest BCUT2D eigenvalue weighted by molar-refractivity contribution is 6.35. The van der Waals surface area contributed by atoms with Crippen LogP contribution in [0.25, 0.3) is 0 Å². The molecule has 0 aliphatic carbocycles. The lowest BCUT2D eigenvalue weighted by Gasteiger charge is -2.08. The Kier molecular flexibility index (Phi) is 6.38. The number of amides is 2. The van der Waals surface area contributed by atoms with Gasteiger partial charge in [-0.25, -0.2) is 0 Å². The predicted molar refractivity (Wildman–Crippen MR) is 90.0 cm³/mol. The monoisotopic (exact) mass is 351 g/mol. The Bertz CT molecular complexity index is 693. The van der Waals surface area contributed by atoms with Gasteiger partial charge in [-0.05, 0) is 36.8 Å². The minimum Gasteiger partial charge on any atom is -0.352 e. The van der Waals surface area contributed by atoms with Gasteiger partial charge in [0.15, 0.2) is 0 Å². The second kappa shape index (κ2) is 8.50. The van der Waals surface area contributed by atoms with Crippen molar-refractivity contribution in [3.63, 3.8) is 0 Å². The zero-order valence-corrected chi connectivity index (χ0v) is 13.7. The molecule has 0 atom stereocenters. The molecule has 120 valence electrons. The Morgan fingerprint density at radius 3 is 2.30 bits per heavy atom. The van der Waals surface area contributed by atoms with Crippen molar-refractivity contribution in [1.29, 1.82) is 0 Å². The molecule has 0 spiro atoms. The summed E-state index contributed by atoms with van der Waals surface area (Å²) < 4.78 is 0. The van der Waals surface area contributed by atoms with Gasteiger partial charge in [-0.2, -0.15) is 0 Å². The van der Waals surface area contributed by atoms with Crippen LogP contribution >= 0.6 is 23.2 Å². The highest BCUT2D eigenvalue weighted by Crippen LogP contribution is 2.20. The summed E-state index contributed by atoms with van der Waals surface area (Å²) in [7, 11) is 0. The number of halogens is 2. The number of carbonyl (C=O) groups excluding carboxylic acids is 2. The lowest BCUT2D eigenvalue weighted by atomic mass is 10.2. The number of nitrogens with zero attached hydrogens (tertiary/aromatic N) is 1. The van der Waals surface area contributed by atoms with Crippen molar-refractivity contribution in [2.24, 2.45) is 0 Å². The van der Waals surface area contributed by atoms with Gasteiger partial charge < -0.3 is 10.6 Å². The third kappa shape index (κ3) is 5.23. The van der Waals surface area contributed by atoms with E-state index >= 15 is 0 Å². The zero-order chi connectivity index (χ0) is 16.7. The summed E-state index contributed by atoms with van der Waals surface area (Å²) in [6.45, 7) is 0.864. The maximum atomic E-state index is 12.0. The number of benzene rings is 1. The number of hydrogen-bond acceptors (Lipinski definition) is 3. The summed E-state index contributed by atoms with van der Waals surface area (Å²) in [5, 5.41) is 6.30. The molecule has 0 fully saturated rings. The van der Waals surface area contributed by atoms with Gasteiger partial charge in [0.2, 0.25) is 0 Å². The Morgan fingerprint density at radius 1 is 0.957 bits per heavy atom. The first-order chi connectivity index (χ1) is 11.1. The number of hydrogen-bond donors (Lipinski definition) is 2. The van der Waals surface area contributed by atoms with E-state index in [9.17, 15) is 9.59 Å². The normalized spacial score (nSPS) is 10.2. The van der Waals surface area contributed by atoms with E-state index in [4.69, 9.17) is 23.2 Å². The SMILES string of the molecule is O=C(NCCCNC(=O)c1cc(Cl)ccc1Cl)c1ccncc1. The van der Waals surface area contributed by atoms with E-state index < -0.39 is 0 Å². The average molecular weight is 352 g/mol. The molecule has 0 saturated carbocycles. The van der Waals surface area contributed by atoms with Gasteiger partial charge >= 0.3 is 0 Å². The highest BCUT2D eigenvalue weighted by Gasteiger charge is 2.10. The number of pyridine rings is 1. The Labute approximate surface area is 144 Å². The van der Waals surface area contributed by atoms with E-state index in [2.05, 4.69) is 15.6 Å². The summed E-state index contributed by atoms with van der Waals surface area (Å²) in [6.07, 6.45) is 3.72. The van der Waals surface area contributed by atoms with Gasteiger partial charge in [-0.15, -0.1) is 0 Å². The van der Waals surface area contributed by atoms with E-state index in [1.165, 1.54) is 6.07 Å². The smallest absolute Gasteiger partial charge is 0.252 e. The number of aromatic nitrogens is 1. The largest absolute Gasteiger partial charge is 0.352 e. The molecular formula is C16H15Cl2N3O2. The fourth-order valence-corrected chi connectivity index (χ4v) is 2.24. The van der Waals surface area contributed by atoms with Crippen LogP contribution in [0.2, 0.25) is 10.0 Å². The maximum absolute atomic E-state index is 12.0. The number of carbonyl (C=O) groups is 2. The first-order valence-electron chi connectivity index (χ1n) is 6.99. The molecule has 2 aromatic rings. The van der Waals surface area contributed by atoms with Crippen molar-refractivity contribution >= 4 is 35.0 Å². The van der Waals surface area contributed by atoms with Crippen LogP contribution in [0.5, 0.6) is 0 Å². The molecule has 7 heteroatoms. The first kappa shape index (κ1) is 17.2. The van der Waals surface area contributed by atoms with Crippen LogP contribution in [0.3, 0.4) is 0 Å². The molecule has 5 nitrogen and oxygen atoms in total. The summed E-state index contributed by atoms with van der Waals surface area (Å²) in [4.78, 5) is 27.6. The van der Waals surface area contributed by atoms with Gasteiger partial charge in [0.25, 0.3) is 11.8 Å². The van der Waals surface area contributed by atoms with Crippen LogP contribution < -0.4 is 10.6 Å². The second-order valence-electron chi connectivity index (χ2n) is 4.73. The standard InChI is InChI=1S/C16H15Cl2N3O2/c17-12-2-3-14(18)13(10-12)16(23)21-7-1-6-20-15(22)11-4-8-19-9-5-11/h2-5,8-10H,1,6-7H2,(H,20,22)(H,21,23). The topological polar surface area (TPSA) is 71.1 Å². The molecule has 0 radical (unpaired) electrons. The molecule has 0 bridgehead atoms. The molecule has 0 unspecified atom stereocenters. The van der Waals surface area contributed by atoms with E-state index in [-0.39, 0.29) is 11.8 Å². The molecule has 2 N–H and O–H groups in total. The quantitative estimate of drug-likeness (QED) is 0.786. The fraction of sp³-hybridized carbons (Fsp3) is 0.188. The Hall–Kier alpha value is -2.11. The molecule has 2 rings (SSSR count). The van der Waals surface area contributed by atoms with E-state index in [1.54, 1.807) is 36.7 Å². The van der Waals surface area contributed by atoms with Crippen molar-refractivity contribution in [2.45, 2.75) is 6.42 Å². The lowest BCUT2D eigenvalue weighted by molar-refractivity contribution is 0.0952. The van der Waals surface area contributed by atoms with E-state index in [1.807, 2.05) is 0 Å². The van der Waals surface area contributed by atoms with Gasteiger partial charge in [0.1, 0.15) is 0 Å². The van der Waals surface area contributed by atoms with E-state index in [0.717, 1.165) is 0 Å². The van der Waals surface area contributed by atoms with Crippen LogP contribution in [0.1, 0.15) is 27.1 Å². The average Bonchev–Trinajstić information content (AvgIpc) is 2.57. The molecule has 23 heavy (non-hydrogen) atoms. The summed E-state index contributed by atoms with van der Waals surface area (Å²) in [6, 6.07) is 7.99. The van der Waals surface area contributed by atoms with Crippen LogP contribution in [-0.4, -0.2) is 29.9 Å². The molecular weight excluding hydrogens is 337 g/mol. The highest BCUT2D eigenvalue weighted by atomic mass is 35.5. The maximum Gasteiger partial charge on any atom is 0.252 e. The molecule has 0 aliphatic heterocycles. The van der Waals surface area contributed by atoms with Crippen molar-refractivity contribution < 1.29 is 9.59 Å². The number of nitrogens with one attached hydrogen (secondary N) is 2. The summed E-state index contributed by atoms with van der Waals surface area (Å²) >= 11 is 11.8. The summed E-state index contributed by atoms with van der Waals surface area (Å²) in [5.74, 6) is -0.463. The van der Waals surface area contributed by atoms with Crippen LogP contribution in [0.15, 0.2) is 42.7 Å². The van der Waals surface area contributed by atoms with Crippen molar-refractivity contribution in [2.75, 3.05) is 13.1 Å². The summed E-state index contributed by atoms with van der Waals surface area (Å²) in [5.41, 5.74) is 0.884. The zero-order valence-electron chi connectivity index (χ0n) is 12.2.